The molecule has 0 aromatic heterocycles. The zero-order valence-electron chi connectivity index (χ0n) is 52.2. The molecule has 0 aliphatic carbocycles. The Morgan fingerprint density at radius 3 is 1.98 bits per heavy atom. The van der Waals surface area contributed by atoms with Gasteiger partial charge in [-0.1, -0.05) is 124 Å². The van der Waals surface area contributed by atoms with Gasteiger partial charge in [0.15, 0.2) is 18.9 Å². The predicted molar refractivity (Wildman–Crippen MR) is 318 cm³/mol. The second-order valence-electron chi connectivity index (χ2n) is 23.5. The molecule has 5 aliphatic rings. The highest BCUT2D eigenvalue weighted by Gasteiger charge is 2.63. The van der Waals surface area contributed by atoms with Gasteiger partial charge in [-0.3, -0.25) is 9.59 Å². The minimum Gasteiger partial charge on any atom is -0.478 e. The predicted octanol–water partition coefficient (Wildman–Crippen LogP) is 5.50. The van der Waals surface area contributed by atoms with Gasteiger partial charge < -0.3 is 92.4 Å². The van der Waals surface area contributed by atoms with E-state index in [1.54, 1.807) is 127 Å². The van der Waals surface area contributed by atoms with Crippen LogP contribution < -0.4 is 5.32 Å². The summed E-state index contributed by atoms with van der Waals surface area (Å²) < 4.78 is 80.4. The highest BCUT2D eigenvalue weighted by Crippen LogP contribution is 2.46. The molecule has 1 amide bonds. The summed E-state index contributed by atoms with van der Waals surface area (Å²) in [6.07, 6.45) is 7.81. The lowest BCUT2D eigenvalue weighted by molar-refractivity contribution is -0.367. The van der Waals surface area contributed by atoms with Gasteiger partial charge in [0.25, 0.3) is 0 Å². The van der Waals surface area contributed by atoms with Crippen LogP contribution in [0.5, 0.6) is 0 Å². The maximum atomic E-state index is 14.8. The average Bonchev–Trinajstić information content (AvgIpc) is 1.46. The summed E-state index contributed by atoms with van der Waals surface area (Å²) in [5, 5.41) is 58.4. The molecule has 0 saturated carbocycles. The molecule has 22 atom stereocenters. The molecule has 22 heteroatoms. The third-order valence-corrected chi connectivity index (χ3v) is 16.9. The summed E-state index contributed by atoms with van der Waals surface area (Å²) in [4.78, 5) is 39.3. The SMILES string of the molecule is C/C=C/C=C/[C@@H]1O[C@](O)(C(CO[C@@H]2C[C@@H](OC)[C@@H](O[C@@H]3C[C@@H](OC)[C@@H](O[C@@H]4C[C@@H](OC)[C@@H](O)[C@@H](C)O4)[C@H](C)O3)[C@@H](C)O2)C(=O)NC/C=C/C=C(\C)C(OC)C(C)C2CC(O)C(/C=C/C=C/C=C/C(=O)O)O2)[C@H](O)[C@H](OC(=O)Cc2ccccc2)C1(C)C. The number of carbonyl (C=O) groups excluding carboxylic acids is 2. The first kappa shape index (κ1) is 71.2. The van der Waals surface area contributed by atoms with Gasteiger partial charge in [-0.2, -0.15) is 0 Å². The molecular formula is C65H95NO21. The molecule has 0 bridgehead atoms. The number of hydrogen-bond acceptors (Lipinski definition) is 20. The molecule has 5 fully saturated rings. The minimum atomic E-state index is -2.74. The molecular weight excluding hydrogens is 1130 g/mol. The molecule has 5 saturated heterocycles. The smallest absolute Gasteiger partial charge is 0.328 e. The summed E-state index contributed by atoms with van der Waals surface area (Å²) in [6.45, 7) is 14.0. The Morgan fingerprint density at radius 2 is 1.36 bits per heavy atom. The van der Waals surface area contributed by atoms with Gasteiger partial charge in [-0.25, -0.2) is 4.79 Å². The zero-order chi connectivity index (χ0) is 63.6. The number of rotatable bonds is 28. The number of aliphatic hydroxyl groups excluding tert-OH is 3. The van der Waals surface area contributed by atoms with E-state index >= 15 is 0 Å². The fraction of sp³-hybridized carbons (Fsp3) is 0.646. The van der Waals surface area contributed by atoms with E-state index in [1.807, 2.05) is 39.8 Å². The molecule has 1 aromatic rings. The van der Waals surface area contributed by atoms with E-state index in [2.05, 4.69) is 5.32 Å². The van der Waals surface area contributed by atoms with Crippen molar-refractivity contribution in [3.8, 4) is 0 Å². The van der Waals surface area contributed by atoms with Crippen LogP contribution in [0.15, 0.2) is 115 Å². The van der Waals surface area contributed by atoms with Gasteiger partial charge in [0.05, 0.1) is 74.1 Å². The minimum absolute atomic E-state index is 0.0526. The Morgan fingerprint density at radius 1 is 0.759 bits per heavy atom. The standard InChI is InChI=1S/C65H95NO21/c1-13-14-18-29-51-64(7,8)62(84-53(70)32-43-26-19-17-20-27-43)61(72)65(74,87-51)44(63(73)66-31-24-23-25-38(2)58(78-12)39(3)47-33-45(67)46(83-47)28-21-15-16-22-30-52(68)69)37-79-54-35-49(76-10)59(41(5)81-54)86-56-36-50(77-11)60(42(6)82-56)85-55-34-48(75-9)57(71)40(4)80-55/h13-30,39-42,44-51,54-62,67,71-72,74H,31-37H2,1-12H3,(H,66,73)(H,68,69)/b14-13+,16-15+,24-23+,28-21+,29-18+,30-22+,38-25+/t39?,40-,41-,42+,44?,45?,46?,47?,48-,49-,50-,51+,54+,55-,56-,57+,58?,59+,60+,61-,62+,65-/m1/s1. The van der Waals surface area contributed by atoms with E-state index in [0.717, 1.165) is 11.6 Å². The molecule has 486 valence electrons. The molecule has 5 heterocycles. The van der Waals surface area contributed by atoms with Gasteiger partial charge in [0.2, 0.25) is 11.7 Å². The van der Waals surface area contributed by atoms with Crippen molar-refractivity contribution in [3.63, 3.8) is 0 Å². The first-order valence-electron chi connectivity index (χ1n) is 30.0. The number of aliphatic carboxylic acids is 1. The lowest BCUT2D eigenvalue weighted by Crippen LogP contribution is -2.70. The van der Waals surface area contributed by atoms with Crippen LogP contribution in [0.3, 0.4) is 0 Å². The highest BCUT2D eigenvalue weighted by atomic mass is 16.7. The van der Waals surface area contributed by atoms with E-state index in [9.17, 15) is 34.8 Å². The maximum Gasteiger partial charge on any atom is 0.328 e. The number of nitrogens with one attached hydrogen (secondary N) is 1. The van der Waals surface area contributed by atoms with E-state index < -0.39 is 152 Å². The summed E-state index contributed by atoms with van der Waals surface area (Å²) >= 11 is 0. The van der Waals surface area contributed by atoms with Crippen LogP contribution in [0.2, 0.25) is 0 Å². The lowest BCUT2D eigenvalue weighted by Gasteiger charge is -2.54. The van der Waals surface area contributed by atoms with Gasteiger partial charge >= 0.3 is 11.9 Å². The number of ether oxygens (including phenoxy) is 13. The van der Waals surface area contributed by atoms with Crippen molar-refractivity contribution in [2.45, 2.75) is 210 Å². The molecule has 5 aliphatic heterocycles. The first-order valence-corrected chi connectivity index (χ1v) is 30.0. The number of carbonyl (C=O) groups is 3. The number of aliphatic hydroxyl groups is 4. The number of benzene rings is 1. The lowest BCUT2D eigenvalue weighted by atomic mass is 9.71. The van der Waals surface area contributed by atoms with Crippen LogP contribution in [-0.4, -0.2) is 207 Å². The third kappa shape index (κ3) is 19.1. The van der Waals surface area contributed by atoms with Crippen molar-refractivity contribution in [1.82, 2.24) is 5.32 Å². The third-order valence-electron chi connectivity index (χ3n) is 16.9. The molecule has 0 radical (unpaired) electrons. The van der Waals surface area contributed by atoms with E-state index in [-0.39, 0.29) is 37.8 Å². The average molecular weight is 1230 g/mol. The van der Waals surface area contributed by atoms with Crippen LogP contribution in [0.25, 0.3) is 0 Å². The number of carboxylic acids is 1. The molecule has 6 unspecified atom stereocenters. The topological polar surface area (TPSA) is 284 Å². The number of esters is 1. The second kappa shape index (κ2) is 33.8. The van der Waals surface area contributed by atoms with Crippen LogP contribution in [-0.2, 0) is 82.4 Å². The Kier molecular flexibility index (Phi) is 27.7. The van der Waals surface area contributed by atoms with Gasteiger partial charge in [0, 0.05) is 78.1 Å². The van der Waals surface area contributed by atoms with E-state index in [1.165, 1.54) is 20.3 Å². The Labute approximate surface area is 512 Å². The van der Waals surface area contributed by atoms with Crippen molar-refractivity contribution in [1.29, 1.82) is 0 Å². The van der Waals surface area contributed by atoms with Gasteiger partial charge in [0.1, 0.15) is 42.5 Å². The number of amides is 1. The Balaban J connectivity index is 1.18. The van der Waals surface area contributed by atoms with Gasteiger partial charge in [-0.15, -0.1) is 0 Å². The summed E-state index contributed by atoms with van der Waals surface area (Å²) in [6, 6.07) is 8.96. The normalized spacial score (nSPS) is 36.3. The number of hydrogen-bond donors (Lipinski definition) is 6. The molecule has 1 aromatic carbocycles. The second-order valence-corrected chi connectivity index (χ2v) is 23.5. The fourth-order valence-electron chi connectivity index (χ4n) is 11.9. The molecule has 22 nitrogen and oxygen atoms in total. The molecule has 0 spiro atoms. The Bertz CT molecular complexity index is 2530. The van der Waals surface area contributed by atoms with Crippen molar-refractivity contribution in [2.24, 2.45) is 17.3 Å². The first-order chi connectivity index (χ1) is 41.5. The fourth-order valence-corrected chi connectivity index (χ4v) is 11.9. The van der Waals surface area contributed by atoms with Crippen molar-refractivity contribution < 1.29 is 101 Å². The molecule has 87 heavy (non-hydrogen) atoms. The van der Waals surface area contributed by atoms with Crippen LogP contribution in [0.4, 0.5) is 0 Å². The van der Waals surface area contributed by atoms with Crippen LogP contribution in [0, 0.1) is 17.3 Å². The summed E-state index contributed by atoms with van der Waals surface area (Å²) in [7, 11) is 6.24. The largest absolute Gasteiger partial charge is 0.478 e. The summed E-state index contributed by atoms with van der Waals surface area (Å²) in [5.41, 5.74) is 0.340. The van der Waals surface area contributed by atoms with Crippen molar-refractivity contribution in [3.05, 3.63) is 120 Å². The molecule has 6 rings (SSSR count). The van der Waals surface area contributed by atoms with Crippen molar-refractivity contribution in [2.75, 3.05) is 41.6 Å². The van der Waals surface area contributed by atoms with E-state index in [4.69, 9.17) is 66.7 Å². The van der Waals surface area contributed by atoms with Gasteiger partial charge in [-0.05, 0) is 45.8 Å². The zero-order valence-corrected chi connectivity index (χ0v) is 52.2. The molecule has 6 N–H and O–H groups in total. The van der Waals surface area contributed by atoms with Crippen LogP contribution in [0.1, 0.15) is 86.6 Å². The van der Waals surface area contributed by atoms with E-state index in [0.29, 0.717) is 18.4 Å². The van der Waals surface area contributed by atoms with Crippen molar-refractivity contribution >= 4 is 17.8 Å². The number of allylic oxidation sites excluding steroid dienone is 9. The Hall–Kier alpha value is -4.83. The number of carboxylic acid groups (broad SMARTS) is 1. The van der Waals surface area contributed by atoms with Crippen LogP contribution >= 0.6 is 0 Å². The monoisotopic (exact) mass is 1230 g/mol. The quantitative estimate of drug-likeness (QED) is 0.0343. The summed E-state index contributed by atoms with van der Waals surface area (Å²) in [5.74, 6) is -7.10. The maximum absolute atomic E-state index is 14.8. The highest BCUT2D eigenvalue weighted by molar-refractivity contribution is 5.80. The number of methoxy groups -OCH3 is 4.